The Kier molecular flexibility index (Phi) is 5.98. The van der Waals surface area contributed by atoms with Gasteiger partial charge in [-0.1, -0.05) is 31.2 Å². The lowest BCUT2D eigenvalue weighted by Crippen LogP contribution is -2.33. The Hall–Kier alpha value is -4.14. The number of anilines is 1. The molecular weight excluding hydrogens is 442 g/mol. The van der Waals surface area contributed by atoms with Crippen molar-refractivity contribution in [2.75, 3.05) is 11.4 Å². The first-order chi connectivity index (χ1) is 17.0. The van der Waals surface area contributed by atoms with Gasteiger partial charge in [-0.15, -0.1) is 0 Å². The zero-order valence-electron chi connectivity index (χ0n) is 20.0. The summed E-state index contributed by atoms with van der Waals surface area (Å²) >= 11 is 0. The predicted molar refractivity (Wildman–Crippen MR) is 137 cm³/mol. The molecule has 4 heterocycles. The first kappa shape index (κ1) is 22.6. The second-order valence-electron chi connectivity index (χ2n) is 8.58. The van der Waals surface area contributed by atoms with Gasteiger partial charge in [0.05, 0.1) is 23.3 Å². The van der Waals surface area contributed by atoms with Crippen molar-refractivity contribution in [3.05, 3.63) is 81.2 Å². The third kappa shape index (κ3) is 3.82. The van der Waals surface area contributed by atoms with Crippen LogP contribution < -0.4 is 16.0 Å². The van der Waals surface area contributed by atoms with Crippen LogP contribution in [0, 0.1) is 6.92 Å². The fourth-order valence-corrected chi connectivity index (χ4v) is 4.82. The van der Waals surface area contributed by atoms with Crippen molar-refractivity contribution < 1.29 is 0 Å². The maximum absolute atomic E-state index is 13.9. The molecule has 1 atom stereocenters. The summed E-state index contributed by atoms with van der Waals surface area (Å²) < 4.78 is 1.72. The molecule has 3 aromatic heterocycles. The summed E-state index contributed by atoms with van der Waals surface area (Å²) in [5, 5.41) is 0.947. The standard InChI is InChI=1S/C26H27N7O2/c1-4-6-10-17(5-2)33-23(31-18-11-7-9-16(3)20(18)26(33)35)19-12-8-13-32(19)24-21-22(27-14-29-24)28-15-30-25(21)34/h5-7,9-11,14-15,19H,4,8,12-13H2,1-3H3,(H,27,28,29,30,34)/b10-6-,17-5+. The van der Waals surface area contributed by atoms with E-state index in [1.807, 2.05) is 50.3 Å². The number of hydrogen-bond donors (Lipinski definition) is 1. The molecule has 0 bridgehead atoms. The second kappa shape index (κ2) is 9.25. The van der Waals surface area contributed by atoms with Gasteiger partial charge in [0.1, 0.15) is 23.4 Å². The van der Waals surface area contributed by atoms with Crippen LogP contribution in [-0.2, 0) is 0 Å². The Balaban J connectivity index is 1.78. The maximum atomic E-state index is 13.9. The van der Waals surface area contributed by atoms with E-state index in [0.717, 1.165) is 30.5 Å². The van der Waals surface area contributed by atoms with Crippen molar-refractivity contribution in [3.63, 3.8) is 0 Å². The van der Waals surface area contributed by atoms with E-state index in [0.29, 0.717) is 40.1 Å². The fourth-order valence-electron chi connectivity index (χ4n) is 4.82. The minimum absolute atomic E-state index is 0.101. The summed E-state index contributed by atoms with van der Waals surface area (Å²) in [7, 11) is 0. The predicted octanol–water partition coefficient (Wildman–Crippen LogP) is 3.90. The molecule has 0 saturated carbocycles. The zero-order valence-corrected chi connectivity index (χ0v) is 20.0. The van der Waals surface area contributed by atoms with Gasteiger partial charge in [-0.05, 0) is 50.8 Å². The molecule has 1 unspecified atom stereocenters. The van der Waals surface area contributed by atoms with E-state index in [1.54, 1.807) is 4.57 Å². The van der Waals surface area contributed by atoms with Crippen LogP contribution in [0.5, 0.6) is 0 Å². The molecule has 1 fully saturated rings. The number of hydrogen-bond acceptors (Lipinski definition) is 7. The number of aromatic amines is 1. The normalized spacial score (nSPS) is 16.7. The van der Waals surface area contributed by atoms with E-state index in [1.165, 1.54) is 12.7 Å². The molecule has 178 valence electrons. The number of H-pyrrole nitrogens is 1. The number of allylic oxidation sites excluding steroid dienone is 4. The number of fused-ring (bicyclic) bond motifs is 2. The van der Waals surface area contributed by atoms with Crippen LogP contribution in [0.2, 0.25) is 0 Å². The minimum Gasteiger partial charge on any atom is -0.346 e. The average molecular weight is 470 g/mol. The summed E-state index contributed by atoms with van der Waals surface area (Å²) in [4.78, 5) is 49.2. The van der Waals surface area contributed by atoms with E-state index >= 15 is 0 Å². The highest BCUT2D eigenvalue weighted by Gasteiger charge is 2.33. The molecule has 1 aliphatic heterocycles. The molecule has 0 aliphatic carbocycles. The highest BCUT2D eigenvalue weighted by molar-refractivity contribution is 5.86. The van der Waals surface area contributed by atoms with Gasteiger partial charge in [-0.25, -0.2) is 19.9 Å². The van der Waals surface area contributed by atoms with Crippen LogP contribution in [-0.4, -0.2) is 36.0 Å². The largest absolute Gasteiger partial charge is 0.346 e. The first-order valence-corrected chi connectivity index (χ1v) is 11.9. The molecule has 35 heavy (non-hydrogen) atoms. The number of rotatable bonds is 5. The molecule has 1 N–H and O–H groups in total. The van der Waals surface area contributed by atoms with Gasteiger partial charge >= 0.3 is 0 Å². The highest BCUT2D eigenvalue weighted by Crippen LogP contribution is 2.37. The van der Waals surface area contributed by atoms with E-state index < -0.39 is 0 Å². The second-order valence-corrected chi connectivity index (χ2v) is 8.58. The average Bonchev–Trinajstić information content (AvgIpc) is 3.35. The summed E-state index contributed by atoms with van der Waals surface area (Å²) in [5.74, 6) is 1.13. The molecule has 0 spiro atoms. The summed E-state index contributed by atoms with van der Waals surface area (Å²) in [6.07, 6.45) is 11.2. The van der Waals surface area contributed by atoms with Gasteiger partial charge < -0.3 is 9.88 Å². The Morgan fingerprint density at radius 3 is 2.86 bits per heavy atom. The van der Waals surface area contributed by atoms with Crippen molar-refractivity contribution in [1.29, 1.82) is 0 Å². The van der Waals surface area contributed by atoms with Gasteiger partial charge in [0.2, 0.25) is 0 Å². The lowest BCUT2D eigenvalue weighted by Gasteiger charge is -2.28. The van der Waals surface area contributed by atoms with Crippen molar-refractivity contribution >= 4 is 33.5 Å². The molecule has 1 aromatic carbocycles. The van der Waals surface area contributed by atoms with E-state index in [4.69, 9.17) is 4.98 Å². The SMILES string of the molecule is C/C=C(\C=C/CC)n1c(C2CCCN2c2ncnc3nc[nH]c(=O)c23)nc2cccc(C)c2c1=O. The number of nitrogens with zero attached hydrogens (tertiary/aromatic N) is 6. The third-order valence-electron chi connectivity index (χ3n) is 6.45. The van der Waals surface area contributed by atoms with Crippen molar-refractivity contribution in [2.45, 2.75) is 46.1 Å². The summed E-state index contributed by atoms with van der Waals surface area (Å²) in [6, 6.07) is 5.47. The summed E-state index contributed by atoms with van der Waals surface area (Å²) in [5.41, 5.74) is 2.26. The molecule has 9 heteroatoms. The van der Waals surface area contributed by atoms with Gasteiger partial charge in [0.15, 0.2) is 5.65 Å². The van der Waals surface area contributed by atoms with Crippen LogP contribution in [0.3, 0.4) is 0 Å². The van der Waals surface area contributed by atoms with E-state index in [2.05, 4.69) is 31.8 Å². The molecule has 0 radical (unpaired) electrons. The molecule has 9 nitrogen and oxygen atoms in total. The first-order valence-electron chi connectivity index (χ1n) is 11.9. The number of benzene rings is 1. The Morgan fingerprint density at radius 2 is 2.06 bits per heavy atom. The lowest BCUT2D eigenvalue weighted by atomic mass is 10.1. The molecule has 0 amide bonds. The van der Waals surface area contributed by atoms with E-state index in [-0.39, 0.29) is 17.2 Å². The van der Waals surface area contributed by atoms with Crippen LogP contribution in [0.4, 0.5) is 5.82 Å². The maximum Gasteiger partial charge on any atom is 0.266 e. The van der Waals surface area contributed by atoms with Crippen LogP contribution in [0.1, 0.15) is 50.5 Å². The number of aryl methyl sites for hydroxylation is 1. The Morgan fingerprint density at radius 1 is 1.20 bits per heavy atom. The Labute approximate surface area is 201 Å². The third-order valence-corrected chi connectivity index (χ3v) is 6.45. The number of nitrogens with one attached hydrogen (secondary N) is 1. The quantitative estimate of drug-likeness (QED) is 0.442. The van der Waals surface area contributed by atoms with Crippen molar-refractivity contribution in [3.8, 4) is 0 Å². The smallest absolute Gasteiger partial charge is 0.266 e. The molecule has 4 aromatic rings. The Bertz CT molecular complexity index is 1590. The van der Waals surface area contributed by atoms with Crippen LogP contribution >= 0.6 is 0 Å². The van der Waals surface area contributed by atoms with Gasteiger partial charge in [-0.2, -0.15) is 0 Å². The molecule has 1 saturated heterocycles. The monoisotopic (exact) mass is 469 g/mol. The van der Waals surface area contributed by atoms with Gasteiger partial charge in [0, 0.05) is 12.2 Å². The minimum atomic E-state index is -0.296. The molecule has 1 aliphatic rings. The van der Waals surface area contributed by atoms with Crippen molar-refractivity contribution in [2.24, 2.45) is 0 Å². The summed E-state index contributed by atoms with van der Waals surface area (Å²) in [6.45, 7) is 6.58. The number of aromatic nitrogens is 6. The van der Waals surface area contributed by atoms with E-state index in [9.17, 15) is 9.59 Å². The van der Waals surface area contributed by atoms with Gasteiger partial charge in [-0.3, -0.25) is 14.2 Å². The van der Waals surface area contributed by atoms with Gasteiger partial charge in [0.25, 0.3) is 11.1 Å². The fraction of sp³-hybridized carbons (Fsp3) is 0.308. The molecule has 5 rings (SSSR count). The van der Waals surface area contributed by atoms with Crippen molar-refractivity contribution in [1.82, 2.24) is 29.5 Å². The lowest BCUT2D eigenvalue weighted by molar-refractivity contribution is 0.638. The van der Waals surface area contributed by atoms with Crippen LogP contribution in [0.15, 0.2) is 58.7 Å². The zero-order chi connectivity index (χ0) is 24.5. The van der Waals surface area contributed by atoms with Crippen LogP contribution in [0.25, 0.3) is 27.6 Å². The molecular formula is C26H27N7O2. The topological polar surface area (TPSA) is 110 Å². The highest BCUT2D eigenvalue weighted by atomic mass is 16.1.